The van der Waals surface area contributed by atoms with Crippen molar-refractivity contribution in [2.45, 2.75) is 12.5 Å². The number of halogens is 2. The summed E-state index contributed by atoms with van der Waals surface area (Å²) >= 11 is 0. The maximum absolute atomic E-state index is 13.1. The fourth-order valence-corrected chi connectivity index (χ4v) is 1.92. The van der Waals surface area contributed by atoms with Crippen molar-refractivity contribution in [1.82, 2.24) is 0 Å². The summed E-state index contributed by atoms with van der Waals surface area (Å²) in [7, 11) is 1.54. The molecule has 2 rings (SSSR count). The van der Waals surface area contributed by atoms with E-state index < -0.39 is 17.7 Å². The molecule has 0 aliphatic heterocycles. The van der Waals surface area contributed by atoms with Gasteiger partial charge in [0.15, 0.2) is 0 Å². The van der Waals surface area contributed by atoms with Gasteiger partial charge in [-0.05, 0) is 35.4 Å². The zero-order valence-corrected chi connectivity index (χ0v) is 10.4. The van der Waals surface area contributed by atoms with Gasteiger partial charge in [-0.3, -0.25) is 0 Å². The number of aliphatic hydroxyl groups excluding tert-OH is 1. The standard InChI is InChI=1S/C15H14F2O2/c1-19-14-4-2-3-11(8-14)15(18)7-10-5-12(16)9-13(17)6-10/h2-6,8-9,15,18H,7H2,1H3. The fraction of sp³-hybridized carbons (Fsp3) is 0.200. The molecule has 1 atom stereocenters. The number of ether oxygens (including phenoxy) is 1. The number of methoxy groups -OCH3 is 1. The van der Waals surface area contributed by atoms with Gasteiger partial charge in [0.1, 0.15) is 17.4 Å². The molecule has 19 heavy (non-hydrogen) atoms. The molecule has 100 valence electrons. The Bertz CT molecular complexity index is 550. The van der Waals surface area contributed by atoms with E-state index in [4.69, 9.17) is 4.74 Å². The Hall–Kier alpha value is -1.94. The van der Waals surface area contributed by atoms with Crippen LogP contribution >= 0.6 is 0 Å². The first-order valence-corrected chi connectivity index (χ1v) is 5.85. The summed E-state index contributed by atoms with van der Waals surface area (Å²) in [6, 6.07) is 10.2. The molecule has 1 N–H and O–H groups in total. The maximum Gasteiger partial charge on any atom is 0.126 e. The lowest BCUT2D eigenvalue weighted by Crippen LogP contribution is -2.03. The lowest BCUT2D eigenvalue weighted by Gasteiger charge is -2.12. The smallest absolute Gasteiger partial charge is 0.126 e. The molecule has 0 aliphatic carbocycles. The molecule has 0 heterocycles. The van der Waals surface area contributed by atoms with Crippen LogP contribution in [0.2, 0.25) is 0 Å². The Morgan fingerprint density at radius 2 is 1.79 bits per heavy atom. The van der Waals surface area contributed by atoms with Crippen molar-refractivity contribution in [2.75, 3.05) is 7.11 Å². The third-order valence-electron chi connectivity index (χ3n) is 2.83. The average Bonchev–Trinajstić information content (AvgIpc) is 2.37. The van der Waals surface area contributed by atoms with Crippen molar-refractivity contribution in [2.24, 2.45) is 0 Å². The second-order valence-electron chi connectivity index (χ2n) is 4.27. The second-order valence-corrected chi connectivity index (χ2v) is 4.27. The van der Waals surface area contributed by atoms with E-state index in [0.717, 1.165) is 6.07 Å². The molecule has 0 radical (unpaired) electrons. The molecular formula is C15H14F2O2. The van der Waals surface area contributed by atoms with Gasteiger partial charge in [0.05, 0.1) is 13.2 Å². The molecule has 0 fully saturated rings. The molecule has 0 aliphatic rings. The van der Waals surface area contributed by atoms with E-state index in [1.807, 2.05) is 0 Å². The minimum Gasteiger partial charge on any atom is -0.497 e. The van der Waals surface area contributed by atoms with Gasteiger partial charge in [0.25, 0.3) is 0 Å². The molecule has 0 aromatic heterocycles. The molecule has 2 nitrogen and oxygen atoms in total. The summed E-state index contributed by atoms with van der Waals surface area (Å²) in [4.78, 5) is 0. The zero-order valence-electron chi connectivity index (χ0n) is 10.4. The van der Waals surface area contributed by atoms with Crippen LogP contribution in [-0.2, 0) is 6.42 Å². The van der Waals surface area contributed by atoms with Crippen LogP contribution in [0.15, 0.2) is 42.5 Å². The molecule has 4 heteroatoms. The number of benzene rings is 2. The summed E-state index contributed by atoms with van der Waals surface area (Å²) in [5.41, 5.74) is 1.05. The summed E-state index contributed by atoms with van der Waals surface area (Å²) in [5.74, 6) is -0.664. The van der Waals surface area contributed by atoms with Crippen molar-refractivity contribution in [1.29, 1.82) is 0 Å². The lowest BCUT2D eigenvalue weighted by atomic mass is 10.0. The summed E-state index contributed by atoms with van der Waals surface area (Å²) in [5, 5.41) is 10.1. The third-order valence-corrected chi connectivity index (χ3v) is 2.83. The topological polar surface area (TPSA) is 29.5 Å². The molecular weight excluding hydrogens is 250 g/mol. The summed E-state index contributed by atoms with van der Waals surface area (Å²) < 4.78 is 31.2. The SMILES string of the molecule is COc1cccc(C(O)Cc2cc(F)cc(F)c2)c1. The normalized spacial score (nSPS) is 12.2. The fourth-order valence-electron chi connectivity index (χ4n) is 1.92. The van der Waals surface area contributed by atoms with E-state index in [0.29, 0.717) is 16.9 Å². The maximum atomic E-state index is 13.1. The Labute approximate surface area is 110 Å². The van der Waals surface area contributed by atoms with Gasteiger partial charge in [-0.25, -0.2) is 8.78 Å². The van der Waals surface area contributed by atoms with Crippen LogP contribution < -0.4 is 4.74 Å². The largest absolute Gasteiger partial charge is 0.497 e. The summed E-state index contributed by atoms with van der Waals surface area (Å²) in [6.07, 6.45) is -0.696. The van der Waals surface area contributed by atoms with Gasteiger partial charge in [0, 0.05) is 12.5 Å². The molecule has 0 saturated carbocycles. The van der Waals surface area contributed by atoms with Gasteiger partial charge in [0.2, 0.25) is 0 Å². The third kappa shape index (κ3) is 3.51. The minimum atomic E-state index is -0.837. The van der Waals surface area contributed by atoms with Crippen LogP contribution in [0.4, 0.5) is 8.78 Å². The molecule has 2 aromatic rings. The highest BCUT2D eigenvalue weighted by molar-refractivity contribution is 5.31. The van der Waals surface area contributed by atoms with E-state index in [1.54, 1.807) is 24.3 Å². The molecule has 0 amide bonds. The van der Waals surface area contributed by atoms with Crippen LogP contribution in [-0.4, -0.2) is 12.2 Å². The average molecular weight is 264 g/mol. The van der Waals surface area contributed by atoms with E-state index in [9.17, 15) is 13.9 Å². The number of aliphatic hydroxyl groups is 1. The van der Waals surface area contributed by atoms with Gasteiger partial charge in [-0.15, -0.1) is 0 Å². The highest BCUT2D eigenvalue weighted by Crippen LogP contribution is 2.23. The number of hydrogen-bond acceptors (Lipinski definition) is 2. The Morgan fingerprint density at radius 3 is 2.42 bits per heavy atom. The highest BCUT2D eigenvalue weighted by atomic mass is 19.1. The Morgan fingerprint density at radius 1 is 1.11 bits per heavy atom. The predicted octanol–water partition coefficient (Wildman–Crippen LogP) is 3.25. The van der Waals surface area contributed by atoms with Crippen molar-refractivity contribution in [3.8, 4) is 5.75 Å². The lowest BCUT2D eigenvalue weighted by molar-refractivity contribution is 0.178. The quantitative estimate of drug-likeness (QED) is 0.918. The van der Waals surface area contributed by atoms with Crippen molar-refractivity contribution >= 4 is 0 Å². The predicted molar refractivity (Wildman–Crippen MR) is 68.0 cm³/mol. The van der Waals surface area contributed by atoms with Crippen molar-refractivity contribution in [3.63, 3.8) is 0 Å². The van der Waals surface area contributed by atoms with E-state index >= 15 is 0 Å². The Balaban J connectivity index is 2.17. The number of rotatable bonds is 4. The summed E-state index contributed by atoms with van der Waals surface area (Å²) in [6.45, 7) is 0. The first kappa shape index (κ1) is 13.5. The molecule has 2 aromatic carbocycles. The minimum absolute atomic E-state index is 0.141. The van der Waals surface area contributed by atoms with Crippen LogP contribution in [0.25, 0.3) is 0 Å². The van der Waals surface area contributed by atoms with Gasteiger partial charge < -0.3 is 9.84 Å². The van der Waals surface area contributed by atoms with Gasteiger partial charge in [-0.1, -0.05) is 12.1 Å². The van der Waals surface area contributed by atoms with Gasteiger partial charge >= 0.3 is 0 Å². The van der Waals surface area contributed by atoms with Crippen LogP contribution in [0.1, 0.15) is 17.2 Å². The molecule has 0 bridgehead atoms. The van der Waals surface area contributed by atoms with Crippen molar-refractivity contribution in [3.05, 3.63) is 65.2 Å². The Kier molecular flexibility index (Phi) is 4.12. The highest BCUT2D eigenvalue weighted by Gasteiger charge is 2.11. The van der Waals surface area contributed by atoms with Gasteiger partial charge in [-0.2, -0.15) is 0 Å². The molecule has 0 spiro atoms. The molecule has 1 unspecified atom stereocenters. The second kappa shape index (κ2) is 5.80. The molecule has 0 saturated heterocycles. The van der Waals surface area contributed by atoms with Crippen LogP contribution in [0.3, 0.4) is 0 Å². The van der Waals surface area contributed by atoms with E-state index in [2.05, 4.69) is 0 Å². The first-order valence-electron chi connectivity index (χ1n) is 5.85. The van der Waals surface area contributed by atoms with Crippen LogP contribution in [0.5, 0.6) is 5.75 Å². The first-order chi connectivity index (χ1) is 9.08. The van der Waals surface area contributed by atoms with E-state index in [-0.39, 0.29) is 6.42 Å². The van der Waals surface area contributed by atoms with Crippen LogP contribution in [0, 0.1) is 11.6 Å². The monoisotopic (exact) mass is 264 g/mol. The zero-order chi connectivity index (χ0) is 13.8. The van der Waals surface area contributed by atoms with E-state index in [1.165, 1.54) is 19.2 Å². The van der Waals surface area contributed by atoms with Crippen molar-refractivity contribution < 1.29 is 18.6 Å². The number of hydrogen-bond donors (Lipinski definition) is 1.